The highest BCUT2D eigenvalue weighted by molar-refractivity contribution is 5.80. The fourth-order valence-corrected chi connectivity index (χ4v) is 2.01. The molecular formula is C14H23N3O2. The zero-order valence-electron chi connectivity index (χ0n) is 11.9. The molecule has 1 aliphatic carbocycles. The van der Waals surface area contributed by atoms with Gasteiger partial charge in [0.1, 0.15) is 17.1 Å². The van der Waals surface area contributed by atoms with E-state index >= 15 is 0 Å². The van der Waals surface area contributed by atoms with Gasteiger partial charge in [-0.2, -0.15) is 0 Å². The zero-order chi connectivity index (χ0) is 13.9. The minimum atomic E-state index is -1.05. The monoisotopic (exact) mass is 265 g/mol. The molecule has 0 spiro atoms. The summed E-state index contributed by atoms with van der Waals surface area (Å²) in [5.74, 6) is 2.09. The quantitative estimate of drug-likeness (QED) is 0.570. The molecule has 5 nitrogen and oxygen atoms in total. The number of hydrogen-bond acceptors (Lipinski definition) is 3. The third-order valence-electron chi connectivity index (χ3n) is 3.54. The molecule has 0 saturated heterocycles. The van der Waals surface area contributed by atoms with Crippen molar-refractivity contribution in [3.63, 3.8) is 0 Å². The van der Waals surface area contributed by atoms with Gasteiger partial charge in [0.05, 0.1) is 6.54 Å². The predicted molar refractivity (Wildman–Crippen MR) is 75.2 cm³/mol. The third kappa shape index (κ3) is 3.50. The number of nitrogens with zero attached hydrogens (tertiary/aromatic N) is 1. The first-order valence-corrected chi connectivity index (χ1v) is 6.78. The van der Waals surface area contributed by atoms with E-state index < -0.39 is 5.60 Å². The van der Waals surface area contributed by atoms with Gasteiger partial charge in [0, 0.05) is 13.1 Å². The van der Waals surface area contributed by atoms with Crippen LogP contribution in [0.5, 0.6) is 0 Å². The molecular weight excluding hydrogens is 242 g/mol. The molecule has 106 valence electrons. The molecule has 0 bridgehead atoms. The largest absolute Gasteiger partial charge is 0.463 e. The summed E-state index contributed by atoms with van der Waals surface area (Å²) in [4.78, 5) is 4.16. The molecule has 0 radical (unpaired) electrons. The number of aliphatic hydroxyl groups is 1. The average molecular weight is 265 g/mol. The smallest absolute Gasteiger partial charge is 0.191 e. The highest BCUT2D eigenvalue weighted by Gasteiger charge is 2.27. The van der Waals surface area contributed by atoms with Crippen molar-refractivity contribution in [1.29, 1.82) is 0 Å². The molecule has 1 aromatic rings. The lowest BCUT2D eigenvalue weighted by Crippen LogP contribution is -2.49. The Morgan fingerprint density at radius 2 is 2.26 bits per heavy atom. The van der Waals surface area contributed by atoms with Crippen molar-refractivity contribution in [2.24, 2.45) is 4.99 Å². The summed E-state index contributed by atoms with van der Waals surface area (Å²) < 4.78 is 5.48. The Bertz CT molecular complexity index is 447. The number of aliphatic imine (C=N–C) groups is 1. The molecule has 0 aliphatic heterocycles. The number of aryl methyl sites for hydroxylation is 1. The molecule has 1 atom stereocenters. The number of furan rings is 1. The van der Waals surface area contributed by atoms with E-state index in [1.165, 1.54) is 19.3 Å². The molecule has 1 heterocycles. The van der Waals surface area contributed by atoms with Gasteiger partial charge in [-0.05, 0) is 45.2 Å². The lowest BCUT2D eigenvalue weighted by atomic mass is 9.93. The van der Waals surface area contributed by atoms with Gasteiger partial charge in [0.15, 0.2) is 5.96 Å². The molecule has 1 aliphatic rings. The van der Waals surface area contributed by atoms with E-state index in [0.29, 0.717) is 18.3 Å². The van der Waals surface area contributed by atoms with Crippen LogP contribution >= 0.6 is 0 Å². The van der Waals surface area contributed by atoms with E-state index in [-0.39, 0.29) is 0 Å². The van der Waals surface area contributed by atoms with Gasteiger partial charge in [0.25, 0.3) is 0 Å². The maximum atomic E-state index is 10.4. The van der Waals surface area contributed by atoms with Crippen molar-refractivity contribution in [2.45, 2.75) is 44.8 Å². The Labute approximate surface area is 114 Å². The van der Waals surface area contributed by atoms with Crippen LogP contribution in [-0.2, 0) is 5.60 Å². The molecule has 0 amide bonds. The van der Waals surface area contributed by atoms with E-state index in [4.69, 9.17) is 4.42 Å². The van der Waals surface area contributed by atoms with Crippen molar-refractivity contribution in [3.8, 4) is 0 Å². The SMILES string of the molecule is CN=C(NCC(C)(O)c1ccc(C)o1)NC1CCC1. The van der Waals surface area contributed by atoms with E-state index in [9.17, 15) is 5.11 Å². The van der Waals surface area contributed by atoms with Crippen LogP contribution in [0.1, 0.15) is 37.7 Å². The van der Waals surface area contributed by atoms with E-state index in [2.05, 4.69) is 15.6 Å². The molecule has 5 heteroatoms. The van der Waals surface area contributed by atoms with Crippen molar-refractivity contribution < 1.29 is 9.52 Å². The maximum absolute atomic E-state index is 10.4. The van der Waals surface area contributed by atoms with Crippen molar-refractivity contribution in [1.82, 2.24) is 10.6 Å². The Morgan fingerprint density at radius 3 is 2.74 bits per heavy atom. The molecule has 0 aromatic carbocycles. The highest BCUT2D eigenvalue weighted by atomic mass is 16.4. The first-order chi connectivity index (χ1) is 9.01. The summed E-state index contributed by atoms with van der Waals surface area (Å²) in [5.41, 5.74) is -1.05. The summed E-state index contributed by atoms with van der Waals surface area (Å²) in [5, 5.41) is 16.9. The standard InChI is InChI=1S/C14H23N3O2/c1-10-7-8-12(19-10)14(2,18)9-16-13(15-3)17-11-5-4-6-11/h7-8,11,18H,4-6,9H2,1-3H3,(H2,15,16,17). The van der Waals surface area contributed by atoms with Gasteiger partial charge in [-0.1, -0.05) is 0 Å². The van der Waals surface area contributed by atoms with Crippen LogP contribution in [0.25, 0.3) is 0 Å². The average Bonchev–Trinajstić information content (AvgIpc) is 2.74. The maximum Gasteiger partial charge on any atom is 0.191 e. The minimum absolute atomic E-state index is 0.354. The predicted octanol–water partition coefficient (Wildman–Crippen LogP) is 1.51. The molecule has 1 aromatic heterocycles. The second kappa shape index (κ2) is 5.65. The number of nitrogens with one attached hydrogen (secondary N) is 2. The van der Waals surface area contributed by atoms with Gasteiger partial charge in [-0.15, -0.1) is 0 Å². The van der Waals surface area contributed by atoms with Crippen LogP contribution in [0, 0.1) is 6.92 Å². The van der Waals surface area contributed by atoms with Crippen LogP contribution < -0.4 is 10.6 Å². The van der Waals surface area contributed by atoms with Crippen LogP contribution in [-0.4, -0.2) is 30.7 Å². The van der Waals surface area contributed by atoms with Gasteiger partial charge >= 0.3 is 0 Å². The zero-order valence-corrected chi connectivity index (χ0v) is 11.9. The van der Waals surface area contributed by atoms with Gasteiger partial charge in [-0.3, -0.25) is 4.99 Å². The molecule has 1 fully saturated rings. The van der Waals surface area contributed by atoms with E-state index in [1.54, 1.807) is 20.0 Å². The minimum Gasteiger partial charge on any atom is -0.463 e. The topological polar surface area (TPSA) is 69.8 Å². The first-order valence-electron chi connectivity index (χ1n) is 6.78. The number of guanidine groups is 1. The number of rotatable bonds is 4. The second-order valence-corrected chi connectivity index (χ2v) is 5.38. The van der Waals surface area contributed by atoms with Crippen molar-refractivity contribution >= 4 is 5.96 Å². The molecule has 1 unspecified atom stereocenters. The van der Waals surface area contributed by atoms with Crippen LogP contribution in [0.15, 0.2) is 21.5 Å². The first kappa shape index (κ1) is 13.9. The van der Waals surface area contributed by atoms with Crippen LogP contribution in [0.2, 0.25) is 0 Å². The highest BCUT2D eigenvalue weighted by Crippen LogP contribution is 2.22. The normalized spacial score (nSPS) is 19.7. The van der Waals surface area contributed by atoms with E-state index in [0.717, 1.165) is 11.7 Å². The van der Waals surface area contributed by atoms with Crippen LogP contribution in [0.3, 0.4) is 0 Å². The molecule has 2 rings (SSSR count). The summed E-state index contributed by atoms with van der Waals surface area (Å²) in [6.07, 6.45) is 3.65. The summed E-state index contributed by atoms with van der Waals surface area (Å²) >= 11 is 0. The fourth-order valence-electron chi connectivity index (χ4n) is 2.01. The van der Waals surface area contributed by atoms with Gasteiger partial charge in [0.2, 0.25) is 0 Å². The molecule has 3 N–H and O–H groups in total. The molecule has 19 heavy (non-hydrogen) atoms. The summed E-state index contributed by atoms with van der Waals surface area (Å²) in [7, 11) is 1.74. The van der Waals surface area contributed by atoms with E-state index in [1.807, 2.05) is 13.0 Å². The lowest BCUT2D eigenvalue weighted by molar-refractivity contribution is 0.0377. The van der Waals surface area contributed by atoms with Crippen molar-refractivity contribution in [3.05, 3.63) is 23.7 Å². The lowest BCUT2D eigenvalue weighted by Gasteiger charge is -2.29. The second-order valence-electron chi connectivity index (χ2n) is 5.38. The fraction of sp³-hybridized carbons (Fsp3) is 0.643. The van der Waals surface area contributed by atoms with Gasteiger partial charge in [-0.25, -0.2) is 0 Å². The number of hydrogen-bond donors (Lipinski definition) is 3. The Kier molecular flexibility index (Phi) is 4.14. The Hall–Kier alpha value is -1.49. The van der Waals surface area contributed by atoms with Gasteiger partial charge < -0.3 is 20.2 Å². The Morgan fingerprint density at radius 1 is 1.53 bits per heavy atom. The molecule has 1 saturated carbocycles. The van der Waals surface area contributed by atoms with Crippen LogP contribution in [0.4, 0.5) is 0 Å². The summed E-state index contributed by atoms with van der Waals surface area (Å²) in [6.45, 7) is 3.95. The third-order valence-corrected chi connectivity index (χ3v) is 3.54. The Balaban J connectivity index is 1.88. The van der Waals surface area contributed by atoms with Crippen molar-refractivity contribution in [2.75, 3.05) is 13.6 Å². The summed E-state index contributed by atoms with van der Waals surface area (Å²) in [6, 6.07) is 4.17.